The molecule has 1 spiro atoms. The summed E-state index contributed by atoms with van der Waals surface area (Å²) in [6.07, 6.45) is 3.22. The molecule has 6 aromatic rings. The molecule has 3 N–H and O–H groups in total. The Labute approximate surface area is 273 Å². The normalized spacial score (nSPS) is 14.8. The van der Waals surface area contributed by atoms with Crippen molar-refractivity contribution in [2.75, 3.05) is 7.11 Å². The topological polar surface area (TPSA) is 64.3 Å². The average Bonchev–Trinajstić information content (AvgIpc) is 3.57. The van der Waals surface area contributed by atoms with E-state index >= 15 is 0 Å². The Balaban J connectivity index is 1.29. The van der Waals surface area contributed by atoms with E-state index in [-0.39, 0.29) is 5.91 Å². The molecule has 2 aliphatic carbocycles. The van der Waals surface area contributed by atoms with E-state index < -0.39 is 5.41 Å². The number of nitrogens with two attached hydrogens (primary N) is 1. The third-order valence-electron chi connectivity index (χ3n) is 9.90. The summed E-state index contributed by atoms with van der Waals surface area (Å²) in [5.74, 6) is -0.0535. The maximum Gasteiger partial charge on any atom is 0.250 e. The zero-order valence-corrected chi connectivity index (χ0v) is 25.8. The Kier molecular flexibility index (Phi) is 5.90. The number of hydrogen-bond acceptors (Lipinski definition) is 3. The minimum Gasteiger partial charge on any atom is -0.502 e. The van der Waals surface area contributed by atoms with Crippen molar-refractivity contribution >= 4 is 17.3 Å². The number of carbonyl (C=O) groups excluding carboxylic acids is 1. The lowest BCUT2D eigenvalue weighted by molar-refractivity contribution is -0.116. The van der Waals surface area contributed by atoms with E-state index in [0.29, 0.717) is 5.70 Å². The van der Waals surface area contributed by atoms with Gasteiger partial charge < -0.3 is 15.8 Å². The summed E-state index contributed by atoms with van der Waals surface area (Å²) in [5.41, 5.74) is 23.9. The Bertz CT molecular complexity index is 2320. The minimum absolute atomic E-state index is 0.0535. The quantitative estimate of drug-likeness (QED) is 0.193. The Hall–Kier alpha value is -6.13. The Morgan fingerprint density at radius 1 is 0.596 bits per heavy atom. The molecule has 0 saturated carbocycles. The molecule has 1 aliphatic heterocycles. The summed E-state index contributed by atoms with van der Waals surface area (Å²) in [4.78, 5) is 11.6. The molecule has 0 radical (unpaired) electrons. The van der Waals surface area contributed by atoms with Gasteiger partial charge in [0.25, 0.3) is 0 Å². The van der Waals surface area contributed by atoms with Gasteiger partial charge in [-0.05, 0) is 96.6 Å². The summed E-state index contributed by atoms with van der Waals surface area (Å²) in [7, 11) is 1.61. The summed E-state index contributed by atoms with van der Waals surface area (Å²) < 4.78 is 5.20. The first-order valence-electron chi connectivity index (χ1n) is 15.8. The number of amides is 1. The highest BCUT2D eigenvalue weighted by molar-refractivity contribution is 6.08. The van der Waals surface area contributed by atoms with Crippen LogP contribution in [0.2, 0.25) is 0 Å². The van der Waals surface area contributed by atoms with Crippen LogP contribution in [0.1, 0.15) is 33.4 Å². The first-order valence-corrected chi connectivity index (χ1v) is 15.8. The van der Waals surface area contributed by atoms with Gasteiger partial charge in [-0.2, -0.15) is 0 Å². The van der Waals surface area contributed by atoms with Gasteiger partial charge in [0.15, 0.2) is 0 Å². The number of ether oxygens (including phenoxy) is 1. The van der Waals surface area contributed by atoms with Crippen molar-refractivity contribution in [3.8, 4) is 44.5 Å². The number of hydrogen-bond donors (Lipinski definition) is 2. The fourth-order valence-corrected chi connectivity index (χ4v) is 7.85. The Morgan fingerprint density at radius 3 is 1.70 bits per heavy atom. The predicted molar refractivity (Wildman–Crippen MR) is 189 cm³/mol. The molecule has 4 heteroatoms. The van der Waals surface area contributed by atoms with E-state index in [2.05, 4.69) is 121 Å². The second-order valence-electron chi connectivity index (χ2n) is 12.4. The van der Waals surface area contributed by atoms with Gasteiger partial charge in [-0.3, -0.25) is 4.79 Å². The highest BCUT2D eigenvalue weighted by Gasteiger charge is 2.51. The van der Waals surface area contributed by atoms with Gasteiger partial charge in [-0.1, -0.05) is 109 Å². The molecule has 1 amide bonds. The van der Waals surface area contributed by atoms with Crippen molar-refractivity contribution in [1.29, 1.82) is 0 Å². The molecular formula is C43H30N2O2. The summed E-state index contributed by atoms with van der Waals surface area (Å²) in [5, 5.41) is 2.89. The number of rotatable bonds is 5. The summed E-state index contributed by atoms with van der Waals surface area (Å²) in [6.45, 7) is 0. The second-order valence-corrected chi connectivity index (χ2v) is 12.4. The summed E-state index contributed by atoms with van der Waals surface area (Å²) in [6, 6.07) is 48.2. The van der Waals surface area contributed by atoms with Gasteiger partial charge in [-0.25, -0.2) is 0 Å². The van der Waals surface area contributed by atoms with E-state index in [4.69, 9.17) is 10.5 Å². The van der Waals surface area contributed by atoms with Crippen LogP contribution in [-0.2, 0) is 14.9 Å². The van der Waals surface area contributed by atoms with Crippen LogP contribution in [0.3, 0.4) is 0 Å². The molecule has 1 heterocycles. The maximum atomic E-state index is 11.6. The van der Waals surface area contributed by atoms with Crippen LogP contribution in [0.15, 0.2) is 146 Å². The molecule has 0 atom stereocenters. The van der Waals surface area contributed by atoms with E-state index in [0.717, 1.165) is 39.1 Å². The monoisotopic (exact) mass is 606 g/mol. The first-order chi connectivity index (χ1) is 23.1. The van der Waals surface area contributed by atoms with Crippen LogP contribution in [0, 0.1) is 0 Å². The standard InChI is InChI=1S/C43H30N2O2/c1-47-25-40(44)30-10-6-8-26(20-30)28-16-18-34-35-19-17-29(27-9-7-11-31(21-27)41-24-42(46)45-41)23-39(35)43(38(34)22-28)36-14-4-2-12-32(36)33-13-3-5-15-37(33)43/h2-25H,44H2,1H3,(H,45,46)/b40-25-. The second kappa shape index (κ2) is 10.2. The van der Waals surface area contributed by atoms with Gasteiger partial charge in [0.2, 0.25) is 5.91 Å². The number of benzene rings is 6. The molecule has 3 aliphatic rings. The van der Waals surface area contributed by atoms with Gasteiger partial charge >= 0.3 is 0 Å². The lowest BCUT2D eigenvalue weighted by Gasteiger charge is -2.31. The number of fused-ring (bicyclic) bond motifs is 10. The molecule has 0 bridgehead atoms. The number of methoxy groups -OCH3 is 1. The zero-order valence-electron chi connectivity index (χ0n) is 25.8. The maximum absolute atomic E-state index is 11.6. The molecule has 9 rings (SSSR count). The van der Waals surface area contributed by atoms with Gasteiger partial charge in [0.05, 0.1) is 23.9 Å². The highest BCUT2D eigenvalue weighted by atomic mass is 16.5. The lowest BCUT2D eigenvalue weighted by atomic mass is 9.70. The third-order valence-corrected chi connectivity index (χ3v) is 9.90. The van der Waals surface area contributed by atoms with Crippen molar-refractivity contribution in [1.82, 2.24) is 5.32 Å². The molecule has 0 aromatic heterocycles. The zero-order chi connectivity index (χ0) is 31.7. The number of nitrogens with one attached hydrogen (secondary N) is 1. The van der Waals surface area contributed by atoms with E-state index in [1.807, 2.05) is 18.2 Å². The van der Waals surface area contributed by atoms with Crippen molar-refractivity contribution in [3.63, 3.8) is 0 Å². The molecule has 0 saturated heterocycles. The summed E-state index contributed by atoms with van der Waals surface area (Å²) >= 11 is 0. The minimum atomic E-state index is -0.488. The average molecular weight is 607 g/mol. The highest BCUT2D eigenvalue weighted by Crippen LogP contribution is 2.63. The van der Waals surface area contributed by atoms with Gasteiger partial charge in [0.1, 0.15) is 6.26 Å². The molecule has 0 unspecified atom stereocenters. The largest absolute Gasteiger partial charge is 0.502 e. The smallest absolute Gasteiger partial charge is 0.250 e. The van der Waals surface area contributed by atoms with Gasteiger partial charge in [-0.15, -0.1) is 0 Å². The fourth-order valence-electron chi connectivity index (χ4n) is 7.85. The van der Waals surface area contributed by atoms with Crippen LogP contribution in [0.4, 0.5) is 0 Å². The van der Waals surface area contributed by atoms with Crippen LogP contribution in [0.25, 0.3) is 55.9 Å². The molecular weight excluding hydrogens is 576 g/mol. The molecule has 224 valence electrons. The van der Waals surface area contributed by atoms with Crippen LogP contribution in [-0.4, -0.2) is 13.0 Å². The SMILES string of the molecule is CO/C=C(\N)c1cccc(-c2ccc3c(c2)C2(c4ccccc4-c4ccccc42)c2cc(-c4cccc(C5=CC(=O)N5)c4)ccc2-3)c1. The van der Waals surface area contributed by atoms with Crippen LogP contribution in [0.5, 0.6) is 0 Å². The van der Waals surface area contributed by atoms with E-state index in [9.17, 15) is 4.79 Å². The van der Waals surface area contributed by atoms with Crippen molar-refractivity contribution in [3.05, 3.63) is 179 Å². The Morgan fingerprint density at radius 2 is 1.11 bits per heavy atom. The third kappa shape index (κ3) is 3.91. The molecule has 6 aromatic carbocycles. The number of carbonyl (C=O) groups is 1. The molecule has 47 heavy (non-hydrogen) atoms. The van der Waals surface area contributed by atoms with Crippen LogP contribution < -0.4 is 11.1 Å². The van der Waals surface area contributed by atoms with E-state index in [1.54, 1.807) is 19.4 Å². The molecule has 4 nitrogen and oxygen atoms in total. The molecule has 0 fully saturated rings. The van der Waals surface area contributed by atoms with Gasteiger partial charge in [0, 0.05) is 11.6 Å². The van der Waals surface area contributed by atoms with Crippen molar-refractivity contribution in [2.45, 2.75) is 5.41 Å². The van der Waals surface area contributed by atoms with Crippen molar-refractivity contribution < 1.29 is 9.53 Å². The lowest BCUT2D eigenvalue weighted by Crippen LogP contribution is -2.29. The van der Waals surface area contributed by atoms with Crippen LogP contribution >= 0.6 is 0 Å². The van der Waals surface area contributed by atoms with Crippen molar-refractivity contribution in [2.24, 2.45) is 5.73 Å². The van der Waals surface area contributed by atoms with E-state index in [1.165, 1.54) is 44.5 Å². The predicted octanol–water partition coefficient (Wildman–Crippen LogP) is 8.74. The first kappa shape index (κ1) is 27.2. The fraction of sp³-hybridized carbons (Fsp3) is 0.0465.